The smallest absolute Gasteiger partial charge is 0.255 e. The van der Waals surface area contributed by atoms with Gasteiger partial charge in [0.15, 0.2) is 0 Å². The van der Waals surface area contributed by atoms with E-state index in [0.717, 1.165) is 24.8 Å². The number of rotatable bonds is 4. The van der Waals surface area contributed by atoms with E-state index in [9.17, 15) is 13.2 Å². The molecular weight excluding hydrogens is 384 g/mol. The Kier molecular flexibility index (Phi) is 5.89. The number of hydrogen-bond acceptors (Lipinski definition) is 3. The third kappa shape index (κ3) is 4.34. The first-order valence-electron chi connectivity index (χ1n) is 8.97. The van der Waals surface area contributed by atoms with Gasteiger partial charge in [-0.15, -0.1) is 0 Å². The summed E-state index contributed by atoms with van der Waals surface area (Å²) in [4.78, 5) is 12.8. The summed E-state index contributed by atoms with van der Waals surface area (Å²) in [6.45, 7) is 4.71. The number of halogens is 1. The van der Waals surface area contributed by atoms with Crippen LogP contribution in [0.15, 0.2) is 41.3 Å². The summed E-state index contributed by atoms with van der Waals surface area (Å²) in [5.41, 5.74) is 2.40. The number of amides is 1. The Morgan fingerprint density at radius 1 is 1.04 bits per heavy atom. The first kappa shape index (κ1) is 19.9. The van der Waals surface area contributed by atoms with Crippen molar-refractivity contribution in [1.82, 2.24) is 4.31 Å². The SMILES string of the molecule is Cc1ccc(NC(=O)c2ccc(C)c(S(=O)(=O)N3CCCCC3)c2)c(Cl)c1. The molecule has 0 bridgehead atoms. The normalized spacial score (nSPS) is 15.5. The molecule has 3 rings (SSSR count). The highest BCUT2D eigenvalue weighted by molar-refractivity contribution is 7.89. The molecule has 5 nitrogen and oxygen atoms in total. The molecule has 2 aromatic rings. The van der Waals surface area contributed by atoms with Crippen molar-refractivity contribution in [3.63, 3.8) is 0 Å². The van der Waals surface area contributed by atoms with Crippen LogP contribution < -0.4 is 5.32 Å². The van der Waals surface area contributed by atoms with Crippen LogP contribution in [0.4, 0.5) is 5.69 Å². The summed E-state index contributed by atoms with van der Waals surface area (Å²) in [7, 11) is -3.61. The number of aryl methyl sites for hydroxylation is 2. The van der Waals surface area contributed by atoms with Gasteiger partial charge < -0.3 is 5.32 Å². The highest BCUT2D eigenvalue weighted by atomic mass is 35.5. The van der Waals surface area contributed by atoms with Crippen molar-refractivity contribution in [3.8, 4) is 0 Å². The second-order valence-electron chi connectivity index (χ2n) is 6.88. The van der Waals surface area contributed by atoms with E-state index >= 15 is 0 Å². The summed E-state index contributed by atoms with van der Waals surface area (Å²) in [6.07, 6.45) is 2.78. The van der Waals surface area contributed by atoms with Crippen LogP contribution in [0.2, 0.25) is 5.02 Å². The van der Waals surface area contributed by atoms with Crippen LogP contribution in [-0.2, 0) is 10.0 Å². The quantitative estimate of drug-likeness (QED) is 0.819. The van der Waals surface area contributed by atoms with Gasteiger partial charge in [-0.05, 0) is 62.1 Å². The largest absolute Gasteiger partial charge is 0.321 e. The number of nitrogens with one attached hydrogen (secondary N) is 1. The first-order valence-corrected chi connectivity index (χ1v) is 10.8. The second-order valence-corrected chi connectivity index (χ2v) is 9.20. The molecule has 0 saturated carbocycles. The topological polar surface area (TPSA) is 66.5 Å². The van der Waals surface area contributed by atoms with E-state index in [4.69, 9.17) is 11.6 Å². The molecule has 2 aromatic carbocycles. The maximum absolute atomic E-state index is 13.0. The van der Waals surface area contributed by atoms with Crippen molar-refractivity contribution in [2.75, 3.05) is 18.4 Å². The Morgan fingerprint density at radius 3 is 2.41 bits per heavy atom. The van der Waals surface area contributed by atoms with Gasteiger partial charge in [-0.3, -0.25) is 4.79 Å². The Hall–Kier alpha value is -1.89. The molecule has 1 N–H and O–H groups in total. The molecule has 1 heterocycles. The summed E-state index contributed by atoms with van der Waals surface area (Å²) < 4.78 is 27.5. The van der Waals surface area contributed by atoms with Gasteiger partial charge in [0.2, 0.25) is 10.0 Å². The number of anilines is 1. The van der Waals surface area contributed by atoms with Gasteiger partial charge in [0.05, 0.1) is 15.6 Å². The highest BCUT2D eigenvalue weighted by Gasteiger charge is 2.28. The molecule has 7 heteroatoms. The fraction of sp³-hybridized carbons (Fsp3) is 0.350. The summed E-state index contributed by atoms with van der Waals surface area (Å²) in [6, 6.07) is 10.1. The molecular formula is C20H23ClN2O3S. The minimum absolute atomic E-state index is 0.187. The summed E-state index contributed by atoms with van der Waals surface area (Å²) in [5, 5.41) is 3.19. The lowest BCUT2D eigenvalue weighted by atomic mass is 10.1. The van der Waals surface area contributed by atoms with Crippen molar-refractivity contribution >= 4 is 33.2 Å². The number of carbonyl (C=O) groups excluding carboxylic acids is 1. The number of piperidine rings is 1. The predicted molar refractivity (Wildman–Crippen MR) is 108 cm³/mol. The molecule has 1 aliphatic heterocycles. The van der Waals surface area contributed by atoms with Crippen LogP contribution in [0.3, 0.4) is 0 Å². The van der Waals surface area contributed by atoms with Gasteiger partial charge in [0.25, 0.3) is 5.91 Å². The molecule has 1 fully saturated rings. The zero-order chi connectivity index (χ0) is 19.6. The van der Waals surface area contributed by atoms with Crippen molar-refractivity contribution in [2.45, 2.75) is 38.0 Å². The van der Waals surface area contributed by atoms with Crippen molar-refractivity contribution in [2.24, 2.45) is 0 Å². The van der Waals surface area contributed by atoms with Crippen LogP contribution in [0.5, 0.6) is 0 Å². The fourth-order valence-corrected chi connectivity index (χ4v) is 5.23. The van der Waals surface area contributed by atoms with Crippen molar-refractivity contribution in [1.29, 1.82) is 0 Å². The summed E-state index contributed by atoms with van der Waals surface area (Å²) in [5.74, 6) is -0.393. The van der Waals surface area contributed by atoms with Crippen LogP contribution in [0.1, 0.15) is 40.7 Å². The zero-order valence-electron chi connectivity index (χ0n) is 15.5. The lowest BCUT2D eigenvalue weighted by molar-refractivity contribution is 0.102. The van der Waals surface area contributed by atoms with Gasteiger partial charge in [0, 0.05) is 18.7 Å². The van der Waals surface area contributed by atoms with Gasteiger partial charge in [-0.1, -0.05) is 30.2 Å². The standard InChI is InChI=1S/C20H23ClN2O3S/c1-14-6-9-18(17(21)12-14)22-20(24)16-8-7-15(2)19(13-16)27(25,26)23-10-4-3-5-11-23/h6-9,12-13H,3-5,10-11H2,1-2H3,(H,22,24). The molecule has 0 spiro atoms. The van der Waals surface area contributed by atoms with Gasteiger partial charge in [-0.2, -0.15) is 4.31 Å². The molecule has 0 radical (unpaired) electrons. The number of hydrogen-bond donors (Lipinski definition) is 1. The molecule has 1 aliphatic rings. The maximum Gasteiger partial charge on any atom is 0.255 e. The number of carbonyl (C=O) groups is 1. The molecule has 144 valence electrons. The van der Waals surface area contributed by atoms with Gasteiger partial charge in [0.1, 0.15) is 0 Å². The Labute approximate surface area is 165 Å². The van der Waals surface area contributed by atoms with E-state index in [2.05, 4.69) is 5.32 Å². The number of nitrogens with zero attached hydrogens (tertiary/aromatic N) is 1. The van der Waals surface area contributed by atoms with Crippen LogP contribution in [-0.4, -0.2) is 31.7 Å². The van der Waals surface area contributed by atoms with Crippen LogP contribution in [0.25, 0.3) is 0 Å². The van der Waals surface area contributed by atoms with E-state index in [1.807, 2.05) is 13.0 Å². The average molecular weight is 407 g/mol. The third-order valence-corrected chi connectivity index (χ3v) is 7.11. The van der Waals surface area contributed by atoms with Crippen molar-refractivity contribution < 1.29 is 13.2 Å². The molecule has 1 amide bonds. The van der Waals surface area contributed by atoms with Crippen LogP contribution >= 0.6 is 11.6 Å². The van der Waals surface area contributed by atoms with Crippen molar-refractivity contribution in [3.05, 3.63) is 58.1 Å². The average Bonchev–Trinajstić information content (AvgIpc) is 2.65. The van der Waals surface area contributed by atoms with Gasteiger partial charge >= 0.3 is 0 Å². The molecule has 0 unspecified atom stereocenters. The number of sulfonamides is 1. The van der Waals surface area contributed by atoms with E-state index in [0.29, 0.717) is 29.4 Å². The Morgan fingerprint density at radius 2 is 1.74 bits per heavy atom. The fourth-order valence-electron chi connectivity index (χ4n) is 3.18. The Balaban J connectivity index is 1.89. The molecule has 27 heavy (non-hydrogen) atoms. The van der Waals surface area contributed by atoms with E-state index in [1.165, 1.54) is 10.4 Å². The van der Waals surface area contributed by atoms with E-state index < -0.39 is 15.9 Å². The monoisotopic (exact) mass is 406 g/mol. The summed E-state index contributed by atoms with van der Waals surface area (Å²) >= 11 is 6.17. The molecule has 0 aliphatic carbocycles. The minimum Gasteiger partial charge on any atom is -0.321 e. The zero-order valence-corrected chi connectivity index (χ0v) is 17.0. The van der Waals surface area contributed by atoms with Gasteiger partial charge in [-0.25, -0.2) is 8.42 Å². The molecule has 0 aromatic heterocycles. The second kappa shape index (κ2) is 8.00. The minimum atomic E-state index is -3.61. The number of benzene rings is 2. The molecule has 1 saturated heterocycles. The lowest BCUT2D eigenvalue weighted by Crippen LogP contribution is -2.36. The molecule has 0 atom stereocenters. The van der Waals surface area contributed by atoms with E-state index in [1.54, 1.807) is 31.2 Å². The Bertz CT molecular complexity index is 967. The highest BCUT2D eigenvalue weighted by Crippen LogP contribution is 2.26. The third-order valence-electron chi connectivity index (χ3n) is 4.76. The maximum atomic E-state index is 13.0. The lowest BCUT2D eigenvalue weighted by Gasteiger charge is -2.26. The predicted octanol–water partition coefficient (Wildman–Crippen LogP) is 4.38. The van der Waals surface area contributed by atoms with E-state index in [-0.39, 0.29) is 10.5 Å². The first-order chi connectivity index (χ1) is 12.8. The van der Waals surface area contributed by atoms with Crippen LogP contribution in [0, 0.1) is 13.8 Å².